The fourth-order valence-corrected chi connectivity index (χ4v) is 8.82. The van der Waals surface area contributed by atoms with Gasteiger partial charge in [-0.15, -0.1) is 0 Å². The van der Waals surface area contributed by atoms with E-state index in [1.54, 1.807) is 0 Å². The smallest absolute Gasteiger partial charge is 0.305 e. The van der Waals surface area contributed by atoms with Crippen LogP contribution in [0.2, 0.25) is 0 Å². The molecule has 10 atom stereocenters. The topological polar surface area (TPSA) is 66.8 Å². The molecule has 0 radical (unpaired) electrons. The van der Waals surface area contributed by atoms with Crippen LogP contribution in [0.3, 0.4) is 0 Å². The van der Waals surface area contributed by atoms with E-state index in [1.807, 2.05) is 0 Å². The van der Waals surface area contributed by atoms with Crippen molar-refractivity contribution in [3.8, 4) is 0 Å². The lowest BCUT2D eigenvalue weighted by atomic mass is 9.43. The SMILES string of the molecule is COC(=O)CC[C@@H](C)C1CCC2C3C(CC[C@@]21C)[C@@]1(C)CC[C@@H](O)C[C@H]1C[C@@H]3O. The van der Waals surface area contributed by atoms with Crippen molar-refractivity contribution in [3.05, 3.63) is 0 Å². The molecular formula is C25H42O4. The van der Waals surface area contributed by atoms with Crippen LogP contribution in [0, 0.1) is 46.3 Å². The monoisotopic (exact) mass is 406 g/mol. The van der Waals surface area contributed by atoms with Crippen molar-refractivity contribution in [2.24, 2.45) is 46.3 Å². The second kappa shape index (κ2) is 7.82. The van der Waals surface area contributed by atoms with Gasteiger partial charge in [-0.1, -0.05) is 20.8 Å². The predicted octanol–water partition coefficient (Wildman–Crippen LogP) is 4.57. The highest BCUT2D eigenvalue weighted by Gasteiger charge is 2.62. The van der Waals surface area contributed by atoms with Crippen molar-refractivity contribution < 1.29 is 19.7 Å². The van der Waals surface area contributed by atoms with Crippen LogP contribution >= 0.6 is 0 Å². The molecular weight excluding hydrogens is 364 g/mol. The first kappa shape index (κ1) is 21.6. The Balaban J connectivity index is 1.53. The van der Waals surface area contributed by atoms with Crippen molar-refractivity contribution in [2.75, 3.05) is 7.11 Å². The van der Waals surface area contributed by atoms with E-state index < -0.39 is 0 Å². The van der Waals surface area contributed by atoms with Crippen molar-refractivity contribution in [2.45, 2.75) is 97.2 Å². The number of carbonyl (C=O) groups is 1. The van der Waals surface area contributed by atoms with Gasteiger partial charge in [0.2, 0.25) is 0 Å². The molecule has 29 heavy (non-hydrogen) atoms. The average molecular weight is 407 g/mol. The van der Waals surface area contributed by atoms with Crippen LogP contribution in [-0.4, -0.2) is 35.5 Å². The molecule has 4 aliphatic carbocycles. The Bertz CT molecular complexity index is 620. The summed E-state index contributed by atoms with van der Waals surface area (Å²) in [5.74, 6) is 3.17. The van der Waals surface area contributed by atoms with E-state index in [4.69, 9.17) is 4.74 Å². The zero-order chi connectivity index (χ0) is 21.0. The van der Waals surface area contributed by atoms with E-state index >= 15 is 0 Å². The lowest BCUT2D eigenvalue weighted by Crippen LogP contribution is -2.58. The van der Waals surface area contributed by atoms with Crippen molar-refractivity contribution in [3.63, 3.8) is 0 Å². The molecule has 0 heterocycles. The van der Waals surface area contributed by atoms with Crippen molar-refractivity contribution in [1.82, 2.24) is 0 Å². The molecule has 0 aromatic carbocycles. The first-order valence-corrected chi connectivity index (χ1v) is 12.1. The molecule has 2 N–H and O–H groups in total. The zero-order valence-corrected chi connectivity index (χ0v) is 18.9. The zero-order valence-electron chi connectivity index (χ0n) is 18.9. The van der Waals surface area contributed by atoms with Gasteiger partial charge in [0.05, 0.1) is 19.3 Å². The summed E-state index contributed by atoms with van der Waals surface area (Å²) in [6, 6.07) is 0. The number of aliphatic hydroxyl groups excluding tert-OH is 2. The minimum Gasteiger partial charge on any atom is -0.469 e. The van der Waals surface area contributed by atoms with Crippen LogP contribution < -0.4 is 0 Å². The third kappa shape index (κ3) is 3.46. The number of hydrogen-bond donors (Lipinski definition) is 2. The molecule has 0 aliphatic heterocycles. The van der Waals surface area contributed by atoms with Gasteiger partial charge in [0.1, 0.15) is 0 Å². The lowest BCUT2D eigenvalue weighted by Gasteiger charge is -2.62. The highest BCUT2D eigenvalue weighted by Crippen LogP contribution is 2.68. The van der Waals surface area contributed by atoms with Gasteiger partial charge in [0.15, 0.2) is 0 Å². The molecule has 0 aromatic rings. The number of carbonyl (C=O) groups excluding carboxylic acids is 1. The molecule has 4 heteroatoms. The molecule has 4 aliphatic rings. The van der Waals surface area contributed by atoms with Gasteiger partial charge in [-0.25, -0.2) is 0 Å². The second-order valence-electron chi connectivity index (χ2n) is 11.5. The number of hydrogen-bond acceptors (Lipinski definition) is 4. The number of fused-ring (bicyclic) bond motifs is 5. The standard InChI is InChI=1S/C25H42O4/c1-15(5-8-22(28)29-4)18-6-7-19-23-20(10-12-25(18,19)3)24(2)11-9-17(26)13-16(24)14-21(23)27/h15-21,23,26-27H,5-14H2,1-4H3/t15-,16+,17-,18?,19?,20?,21+,23?,24+,25-/m1/s1. The van der Waals surface area contributed by atoms with E-state index in [1.165, 1.54) is 32.8 Å². The molecule has 4 nitrogen and oxygen atoms in total. The number of methoxy groups -OCH3 is 1. The summed E-state index contributed by atoms with van der Waals surface area (Å²) in [5.41, 5.74) is 0.577. The number of esters is 1. The first-order valence-electron chi connectivity index (χ1n) is 12.1. The minimum absolute atomic E-state index is 0.0959. The van der Waals surface area contributed by atoms with E-state index in [0.29, 0.717) is 47.3 Å². The molecule has 4 unspecified atom stereocenters. The summed E-state index contributed by atoms with van der Waals surface area (Å²) < 4.78 is 4.86. The Labute approximate surface area is 176 Å². The Morgan fingerprint density at radius 1 is 1.03 bits per heavy atom. The Morgan fingerprint density at radius 3 is 2.45 bits per heavy atom. The fourth-order valence-electron chi connectivity index (χ4n) is 8.82. The molecule has 4 fully saturated rings. The average Bonchev–Trinajstić information content (AvgIpc) is 3.04. The Hall–Kier alpha value is -0.610. The number of ether oxygens (including phenoxy) is 1. The first-order chi connectivity index (χ1) is 13.7. The molecule has 0 aromatic heterocycles. The van der Waals surface area contributed by atoms with E-state index in [-0.39, 0.29) is 23.6 Å². The lowest BCUT2D eigenvalue weighted by molar-refractivity contribution is -0.174. The summed E-state index contributed by atoms with van der Waals surface area (Å²) in [6.07, 6.45) is 9.80. The molecule has 4 saturated carbocycles. The molecule has 0 amide bonds. The minimum atomic E-state index is -0.211. The highest BCUT2D eigenvalue weighted by molar-refractivity contribution is 5.69. The van der Waals surface area contributed by atoms with Gasteiger partial charge in [-0.2, -0.15) is 0 Å². The Kier molecular flexibility index (Phi) is 5.83. The van der Waals surface area contributed by atoms with E-state index in [0.717, 1.165) is 32.1 Å². The van der Waals surface area contributed by atoms with Gasteiger partial charge in [0.25, 0.3) is 0 Å². The molecule has 4 rings (SSSR count). The van der Waals surface area contributed by atoms with Crippen molar-refractivity contribution >= 4 is 5.97 Å². The molecule has 166 valence electrons. The van der Waals surface area contributed by atoms with E-state index in [9.17, 15) is 15.0 Å². The second-order valence-corrected chi connectivity index (χ2v) is 11.5. The number of rotatable bonds is 4. The predicted molar refractivity (Wildman–Crippen MR) is 113 cm³/mol. The summed E-state index contributed by atoms with van der Waals surface area (Å²) in [6.45, 7) is 7.29. The molecule has 0 spiro atoms. The highest BCUT2D eigenvalue weighted by atomic mass is 16.5. The van der Waals surface area contributed by atoms with Gasteiger partial charge in [-0.05, 0) is 104 Å². The molecule has 0 bridgehead atoms. The van der Waals surface area contributed by atoms with Gasteiger partial charge >= 0.3 is 5.97 Å². The largest absolute Gasteiger partial charge is 0.469 e. The van der Waals surface area contributed by atoms with Crippen LogP contribution in [0.4, 0.5) is 0 Å². The van der Waals surface area contributed by atoms with Crippen LogP contribution in [0.5, 0.6) is 0 Å². The number of aliphatic hydroxyl groups is 2. The van der Waals surface area contributed by atoms with Crippen LogP contribution in [0.15, 0.2) is 0 Å². The third-order valence-corrected chi connectivity index (χ3v) is 10.4. The maximum atomic E-state index is 11.6. The summed E-state index contributed by atoms with van der Waals surface area (Å²) in [7, 11) is 1.48. The summed E-state index contributed by atoms with van der Waals surface area (Å²) in [4.78, 5) is 11.6. The van der Waals surface area contributed by atoms with Gasteiger partial charge in [0, 0.05) is 6.42 Å². The normalized spacial score (nSPS) is 50.2. The van der Waals surface area contributed by atoms with Gasteiger partial charge in [-0.3, -0.25) is 4.79 Å². The Morgan fingerprint density at radius 2 is 1.72 bits per heavy atom. The van der Waals surface area contributed by atoms with Crippen LogP contribution in [-0.2, 0) is 9.53 Å². The quantitative estimate of drug-likeness (QED) is 0.671. The van der Waals surface area contributed by atoms with Crippen LogP contribution in [0.1, 0.15) is 85.0 Å². The maximum absolute atomic E-state index is 11.6. The molecule has 0 saturated heterocycles. The fraction of sp³-hybridized carbons (Fsp3) is 0.960. The summed E-state index contributed by atoms with van der Waals surface area (Å²) >= 11 is 0. The summed E-state index contributed by atoms with van der Waals surface area (Å²) in [5, 5.41) is 21.5. The van der Waals surface area contributed by atoms with Gasteiger partial charge < -0.3 is 14.9 Å². The van der Waals surface area contributed by atoms with Crippen molar-refractivity contribution in [1.29, 1.82) is 0 Å². The maximum Gasteiger partial charge on any atom is 0.305 e. The van der Waals surface area contributed by atoms with E-state index in [2.05, 4.69) is 20.8 Å². The van der Waals surface area contributed by atoms with Crippen LogP contribution in [0.25, 0.3) is 0 Å². The third-order valence-electron chi connectivity index (χ3n) is 10.4.